The standard InChI is InChI=1S/C16H20ClN3O/c1-16(2,12-18)15(21)20-9-7-19(8-10-20)11-13-3-5-14(17)6-4-13/h3-6H,7-11H2,1-2H3. The largest absolute Gasteiger partial charge is 0.339 e. The molecule has 1 amide bonds. The average molecular weight is 306 g/mol. The molecule has 1 aliphatic heterocycles. The highest BCUT2D eigenvalue weighted by Gasteiger charge is 2.33. The number of hydrogen-bond acceptors (Lipinski definition) is 3. The Kier molecular flexibility index (Phi) is 4.87. The van der Waals surface area contributed by atoms with Crippen molar-refractivity contribution in [3.05, 3.63) is 34.9 Å². The predicted molar refractivity (Wildman–Crippen MR) is 82.7 cm³/mol. The molecule has 1 heterocycles. The van der Waals surface area contributed by atoms with E-state index >= 15 is 0 Å². The van der Waals surface area contributed by atoms with Crippen molar-refractivity contribution in [3.63, 3.8) is 0 Å². The van der Waals surface area contributed by atoms with E-state index in [4.69, 9.17) is 16.9 Å². The normalized spacial score (nSPS) is 16.6. The number of halogens is 1. The summed E-state index contributed by atoms with van der Waals surface area (Å²) in [5.41, 5.74) is 0.287. The number of amides is 1. The summed E-state index contributed by atoms with van der Waals surface area (Å²) in [4.78, 5) is 16.3. The van der Waals surface area contributed by atoms with Crippen LogP contribution in [0, 0.1) is 16.7 Å². The van der Waals surface area contributed by atoms with Crippen molar-refractivity contribution in [3.8, 4) is 6.07 Å². The van der Waals surface area contributed by atoms with Gasteiger partial charge >= 0.3 is 0 Å². The number of carbonyl (C=O) groups is 1. The van der Waals surface area contributed by atoms with E-state index in [1.165, 1.54) is 5.56 Å². The van der Waals surface area contributed by atoms with Crippen molar-refractivity contribution in [2.24, 2.45) is 5.41 Å². The molecule has 0 saturated carbocycles. The molecule has 1 fully saturated rings. The van der Waals surface area contributed by atoms with Gasteiger partial charge in [0.1, 0.15) is 5.41 Å². The van der Waals surface area contributed by atoms with Gasteiger partial charge in [-0.1, -0.05) is 23.7 Å². The maximum absolute atomic E-state index is 12.2. The highest BCUT2D eigenvalue weighted by molar-refractivity contribution is 6.30. The summed E-state index contributed by atoms with van der Waals surface area (Å²) in [6, 6.07) is 9.92. The van der Waals surface area contributed by atoms with Crippen molar-refractivity contribution in [2.45, 2.75) is 20.4 Å². The van der Waals surface area contributed by atoms with Gasteiger partial charge in [-0.25, -0.2) is 0 Å². The molecule has 1 aromatic rings. The van der Waals surface area contributed by atoms with Crippen LogP contribution in [-0.2, 0) is 11.3 Å². The number of benzene rings is 1. The molecule has 0 radical (unpaired) electrons. The molecule has 1 aliphatic rings. The summed E-state index contributed by atoms with van der Waals surface area (Å²) in [6.45, 7) is 7.23. The molecule has 112 valence electrons. The van der Waals surface area contributed by atoms with Crippen molar-refractivity contribution in [2.75, 3.05) is 26.2 Å². The van der Waals surface area contributed by atoms with Crippen molar-refractivity contribution in [1.82, 2.24) is 9.80 Å². The van der Waals surface area contributed by atoms with Crippen LogP contribution in [0.2, 0.25) is 5.02 Å². The van der Waals surface area contributed by atoms with Crippen LogP contribution in [0.1, 0.15) is 19.4 Å². The summed E-state index contributed by atoms with van der Waals surface area (Å²) in [5.74, 6) is -0.0730. The van der Waals surface area contributed by atoms with Crippen LogP contribution in [0.15, 0.2) is 24.3 Å². The van der Waals surface area contributed by atoms with Crippen molar-refractivity contribution >= 4 is 17.5 Å². The summed E-state index contributed by atoms with van der Waals surface area (Å²) < 4.78 is 0. The first-order valence-corrected chi connectivity index (χ1v) is 7.47. The molecule has 0 atom stereocenters. The third-order valence-electron chi connectivity index (χ3n) is 3.79. The molecular weight excluding hydrogens is 286 g/mol. The van der Waals surface area contributed by atoms with E-state index in [2.05, 4.69) is 11.0 Å². The van der Waals surface area contributed by atoms with Crippen LogP contribution in [-0.4, -0.2) is 41.9 Å². The van der Waals surface area contributed by atoms with Gasteiger partial charge in [-0.2, -0.15) is 5.26 Å². The van der Waals surface area contributed by atoms with Gasteiger partial charge in [0.05, 0.1) is 6.07 Å². The van der Waals surface area contributed by atoms with Crippen LogP contribution in [0.5, 0.6) is 0 Å². The van der Waals surface area contributed by atoms with E-state index in [1.807, 2.05) is 24.3 Å². The fourth-order valence-electron chi connectivity index (χ4n) is 2.40. The zero-order valence-electron chi connectivity index (χ0n) is 12.5. The summed E-state index contributed by atoms with van der Waals surface area (Å²) >= 11 is 5.88. The first-order valence-electron chi connectivity index (χ1n) is 7.10. The number of piperazine rings is 1. The Morgan fingerprint density at radius 1 is 1.24 bits per heavy atom. The molecule has 0 spiro atoms. The summed E-state index contributed by atoms with van der Waals surface area (Å²) in [7, 11) is 0. The maximum atomic E-state index is 12.2. The molecule has 0 bridgehead atoms. The van der Waals surface area contributed by atoms with E-state index in [9.17, 15) is 4.79 Å². The predicted octanol–water partition coefficient (Wildman–Crippen LogP) is 2.53. The number of rotatable bonds is 3. The molecule has 4 nitrogen and oxygen atoms in total. The minimum absolute atomic E-state index is 0.0730. The molecule has 1 aromatic carbocycles. The van der Waals surface area contributed by atoms with Crippen molar-refractivity contribution in [1.29, 1.82) is 5.26 Å². The van der Waals surface area contributed by atoms with Gasteiger partial charge < -0.3 is 4.90 Å². The molecule has 0 aromatic heterocycles. The summed E-state index contributed by atoms with van der Waals surface area (Å²) in [6.07, 6.45) is 0. The smallest absolute Gasteiger partial charge is 0.242 e. The van der Waals surface area contributed by atoms with E-state index < -0.39 is 5.41 Å². The Morgan fingerprint density at radius 2 is 1.81 bits per heavy atom. The second-order valence-electron chi connectivity index (χ2n) is 5.93. The molecule has 5 heteroatoms. The van der Waals surface area contributed by atoms with E-state index in [1.54, 1.807) is 18.7 Å². The van der Waals surface area contributed by atoms with Gasteiger partial charge in [0.15, 0.2) is 0 Å². The minimum Gasteiger partial charge on any atom is -0.339 e. The zero-order chi connectivity index (χ0) is 15.5. The van der Waals surface area contributed by atoms with Gasteiger partial charge in [0, 0.05) is 37.7 Å². The zero-order valence-corrected chi connectivity index (χ0v) is 13.2. The van der Waals surface area contributed by atoms with Gasteiger partial charge in [0.2, 0.25) is 5.91 Å². The highest BCUT2D eigenvalue weighted by atomic mass is 35.5. The van der Waals surface area contributed by atoms with Crippen LogP contribution in [0.25, 0.3) is 0 Å². The topological polar surface area (TPSA) is 47.3 Å². The van der Waals surface area contributed by atoms with E-state index in [0.717, 1.165) is 24.7 Å². The number of nitrogens with zero attached hydrogens (tertiary/aromatic N) is 3. The molecule has 2 rings (SSSR count). The lowest BCUT2D eigenvalue weighted by molar-refractivity contribution is -0.139. The van der Waals surface area contributed by atoms with E-state index in [0.29, 0.717) is 13.1 Å². The Morgan fingerprint density at radius 3 is 2.33 bits per heavy atom. The van der Waals surface area contributed by atoms with Crippen LogP contribution in [0.3, 0.4) is 0 Å². The fourth-order valence-corrected chi connectivity index (χ4v) is 2.53. The van der Waals surface area contributed by atoms with Gasteiger partial charge in [-0.3, -0.25) is 9.69 Å². The first kappa shape index (κ1) is 15.8. The number of hydrogen-bond donors (Lipinski definition) is 0. The van der Waals surface area contributed by atoms with Crippen molar-refractivity contribution < 1.29 is 4.79 Å². The number of carbonyl (C=O) groups excluding carboxylic acids is 1. The monoisotopic (exact) mass is 305 g/mol. The van der Waals surface area contributed by atoms with Crippen LogP contribution in [0.4, 0.5) is 0 Å². The Balaban J connectivity index is 1.88. The SMILES string of the molecule is CC(C)(C#N)C(=O)N1CCN(Cc2ccc(Cl)cc2)CC1. The second kappa shape index (κ2) is 6.46. The van der Waals surface area contributed by atoms with Gasteiger partial charge in [-0.05, 0) is 31.5 Å². The minimum atomic E-state index is -0.932. The Bertz CT molecular complexity index is 540. The first-order chi connectivity index (χ1) is 9.92. The van der Waals surface area contributed by atoms with Crippen LogP contribution < -0.4 is 0 Å². The summed E-state index contributed by atoms with van der Waals surface area (Å²) in [5, 5.41) is 9.79. The highest BCUT2D eigenvalue weighted by Crippen LogP contribution is 2.19. The molecule has 0 aliphatic carbocycles. The molecular formula is C16H20ClN3O. The lowest BCUT2D eigenvalue weighted by atomic mass is 9.93. The van der Waals surface area contributed by atoms with Gasteiger partial charge in [-0.15, -0.1) is 0 Å². The van der Waals surface area contributed by atoms with Gasteiger partial charge in [0.25, 0.3) is 0 Å². The number of nitriles is 1. The fraction of sp³-hybridized carbons (Fsp3) is 0.500. The van der Waals surface area contributed by atoms with Crippen LogP contribution >= 0.6 is 11.6 Å². The lowest BCUT2D eigenvalue weighted by Crippen LogP contribution is -2.51. The average Bonchev–Trinajstić information content (AvgIpc) is 2.49. The molecule has 1 saturated heterocycles. The van der Waals surface area contributed by atoms with E-state index in [-0.39, 0.29) is 5.91 Å². The quantitative estimate of drug-likeness (QED) is 0.862. The molecule has 0 unspecified atom stereocenters. The maximum Gasteiger partial charge on any atom is 0.242 e. The molecule has 0 N–H and O–H groups in total. The molecule has 21 heavy (non-hydrogen) atoms. The Labute approximate surface area is 130 Å². The third-order valence-corrected chi connectivity index (χ3v) is 4.05. The second-order valence-corrected chi connectivity index (χ2v) is 6.37. The lowest BCUT2D eigenvalue weighted by Gasteiger charge is -2.36. The third kappa shape index (κ3) is 3.96. The Hall–Kier alpha value is -1.57.